The van der Waals surface area contributed by atoms with Gasteiger partial charge in [0.15, 0.2) is 0 Å². The number of hydrogen-bond donors (Lipinski definition) is 1. The van der Waals surface area contributed by atoms with Crippen molar-refractivity contribution in [3.8, 4) is 17.0 Å². The zero-order valence-electron chi connectivity index (χ0n) is 11.1. The number of benzene rings is 1. The van der Waals surface area contributed by atoms with Crippen molar-refractivity contribution in [2.45, 2.75) is 19.4 Å². The summed E-state index contributed by atoms with van der Waals surface area (Å²) >= 11 is 0. The van der Waals surface area contributed by atoms with Gasteiger partial charge in [-0.05, 0) is 43.2 Å². The molecule has 1 unspecified atom stereocenters. The van der Waals surface area contributed by atoms with Crippen LogP contribution in [0.3, 0.4) is 0 Å². The van der Waals surface area contributed by atoms with Gasteiger partial charge >= 0.3 is 0 Å². The van der Waals surface area contributed by atoms with Crippen molar-refractivity contribution in [1.82, 2.24) is 9.78 Å². The molecule has 0 aliphatic rings. The Kier molecular flexibility index (Phi) is 3.67. The van der Waals surface area contributed by atoms with Crippen LogP contribution in [0.2, 0.25) is 0 Å². The van der Waals surface area contributed by atoms with Crippen LogP contribution in [0.15, 0.2) is 30.5 Å². The third-order valence-corrected chi connectivity index (χ3v) is 2.92. The van der Waals surface area contributed by atoms with Gasteiger partial charge in [-0.1, -0.05) is 0 Å². The number of nitrogens with zero attached hydrogens (tertiary/aromatic N) is 2. The molecule has 4 heteroatoms. The minimum Gasteiger partial charge on any atom is -0.497 e. The lowest BCUT2D eigenvalue weighted by molar-refractivity contribution is 0.415. The molecular weight excluding hydrogens is 226 g/mol. The van der Waals surface area contributed by atoms with E-state index in [-0.39, 0.29) is 6.04 Å². The molecule has 0 spiro atoms. The number of ether oxygens (including phenoxy) is 1. The van der Waals surface area contributed by atoms with Crippen LogP contribution in [0.4, 0.5) is 0 Å². The van der Waals surface area contributed by atoms with Gasteiger partial charge in [-0.25, -0.2) is 0 Å². The summed E-state index contributed by atoms with van der Waals surface area (Å²) in [5.41, 5.74) is 9.30. The number of methoxy groups -OCH3 is 1. The minimum atomic E-state index is 0.131. The lowest BCUT2D eigenvalue weighted by Crippen LogP contribution is -2.18. The van der Waals surface area contributed by atoms with Crippen molar-refractivity contribution in [1.29, 1.82) is 0 Å². The van der Waals surface area contributed by atoms with Gasteiger partial charge in [-0.15, -0.1) is 0 Å². The summed E-state index contributed by atoms with van der Waals surface area (Å²) in [6, 6.07) is 8.13. The van der Waals surface area contributed by atoms with E-state index >= 15 is 0 Å². The van der Waals surface area contributed by atoms with Crippen molar-refractivity contribution in [2.24, 2.45) is 12.8 Å². The first-order valence-electron chi connectivity index (χ1n) is 6.02. The maximum atomic E-state index is 5.87. The molecule has 1 heterocycles. The topological polar surface area (TPSA) is 53.1 Å². The Balaban J connectivity index is 2.39. The Morgan fingerprint density at radius 3 is 2.56 bits per heavy atom. The molecule has 18 heavy (non-hydrogen) atoms. The highest BCUT2D eigenvalue weighted by atomic mass is 16.5. The third kappa shape index (κ3) is 2.54. The Bertz CT molecular complexity index is 514. The van der Waals surface area contributed by atoms with E-state index in [2.05, 4.69) is 5.10 Å². The van der Waals surface area contributed by atoms with Crippen molar-refractivity contribution in [2.75, 3.05) is 7.11 Å². The van der Waals surface area contributed by atoms with Crippen molar-refractivity contribution in [3.05, 3.63) is 36.0 Å². The fraction of sp³-hybridized carbons (Fsp3) is 0.357. The van der Waals surface area contributed by atoms with E-state index in [0.29, 0.717) is 0 Å². The van der Waals surface area contributed by atoms with E-state index < -0.39 is 0 Å². The van der Waals surface area contributed by atoms with E-state index in [4.69, 9.17) is 10.5 Å². The van der Waals surface area contributed by atoms with Crippen LogP contribution in [0.25, 0.3) is 11.3 Å². The van der Waals surface area contributed by atoms with E-state index in [0.717, 1.165) is 23.4 Å². The molecule has 0 fully saturated rings. The number of nitrogens with two attached hydrogens (primary N) is 1. The fourth-order valence-electron chi connectivity index (χ4n) is 2.10. The highest BCUT2D eigenvalue weighted by Gasteiger charge is 2.12. The summed E-state index contributed by atoms with van der Waals surface area (Å²) < 4.78 is 7.06. The first kappa shape index (κ1) is 12.6. The van der Waals surface area contributed by atoms with Gasteiger partial charge in [0.1, 0.15) is 5.75 Å². The number of aromatic nitrogens is 2. The van der Waals surface area contributed by atoms with Gasteiger partial charge in [0.2, 0.25) is 0 Å². The Morgan fingerprint density at radius 1 is 1.33 bits per heavy atom. The molecule has 0 aliphatic heterocycles. The number of rotatable bonds is 4. The Morgan fingerprint density at radius 2 is 2.00 bits per heavy atom. The molecule has 0 saturated carbocycles. The summed E-state index contributed by atoms with van der Waals surface area (Å²) in [6.45, 7) is 2.00. The molecule has 2 N–H and O–H groups in total. The van der Waals surface area contributed by atoms with Crippen LogP contribution in [0.5, 0.6) is 5.75 Å². The molecular formula is C14H19N3O. The van der Waals surface area contributed by atoms with E-state index in [9.17, 15) is 0 Å². The second-order valence-electron chi connectivity index (χ2n) is 4.55. The SMILES string of the molecule is COc1ccc(-c2c(CC(C)N)cnn2C)cc1. The molecule has 1 aromatic carbocycles. The third-order valence-electron chi connectivity index (χ3n) is 2.92. The summed E-state index contributed by atoms with van der Waals surface area (Å²) in [4.78, 5) is 0. The summed E-state index contributed by atoms with van der Waals surface area (Å²) in [5.74, 6) is 0.856. The molecule has 1 aromatic heterocycles. The van der Waals surface area contributed by atoms with Crippen LogP contribution in [0, 0.1) is 0 Å². The molecule has 0 saturated heterocycles. The molecule has 2 rings (SSSR count). The molecule has 4 nitrogen and oxygen atoms in total. The molecule has 0 bridgehead atoms. The zero-order chi connectivity index (χ0) is 13.1. The second-order valence-corrected chi connectivity index (χ2v) is 4.55. The van der Waals surface area contributed by atoms with Crippen molar-refractivity contribution >= 4 is 0 Å². The van der Waals surface area contributed by atoms with Crippen LogP contribution < -0.4 is 10.5 Å². The molecule has 1 atom stereocenters. The van der Waals surface area contributed by atoms with Crippen LogP contribution in [-0.4, -0.2) is 22.9 Å². The minimum absolute atomic E-state index is 0.131. The lowest BCUT2D eigenvalue weighted by atomic mass is 10.0. The second kappa shape index (κ2) is 5.23. The molecule has 0 amide bonds. The first-order chi connectivity index (χ1) is 8.61. The molecule has 2 aromatic rings. The van der Waals surface area contributed by atoms with Gasteiger partial charge in [0.25, 0.3) is 0 Å². The smallest absolute Gasteiger partial charge is 0.118 e. The van der Waals surface area contributed by atoms with Crippen LogP contribution in [0.1, 0.15) is 12.5 Å². The predicted octanol–water partition coefficient (Wildman–Crippen LogP) is 1.99. The van der Waals surface area contributed by atoms with Crippen molar-refractivity contribution in [3.63, 3.8) is 0 Å². The predicted molar refractivity (Wildman–Crippen MR) is 72.5 cm³/mol. The van der Waals surface area contributed by atoms with E-state index in [1.165, 1.54) is 5.56 Å². The van der Waals surface area contributed by atoms with E-state index in [1.54, 1.807) is 7.11 Å². The standard InChI is InChI=1S/C14H19N3O/c1-10(15)8-12-9-16-17(2)14(12)11-4-6-13(18-3)7-5-11/h4-7,9-10H,8,15H2,1-3H3. The molecule has 0 radical (unpaired) electrons. The Hall–Kier alpha value is -1.81. The summed E-state index contributed by atoms with van der Waals surface area (Å²) in [5, 5.41) is 4.32. The highest BCUT2D eigenvalue weighted by Crippen LogP contribution is 2.25. The van der Waals surface area contributed by atoms with Crippen LogP contribution in [-0.2, 0) is 13.5 Å². The largest absolute Gasteiger partial charge is 0.497 e. The fourth-order valence-corrected chi connectivity index (χ4v) is 2.10. The average Bonchev–Trinajstić information content (AvgIpc) is 2.70. The van der Waals surface area contributed by atoms with Gasteiger partial charge in [-0.2, -0.15) is 5.10 Å². The monoisotopic (exact) mass is 245 g/mol. The highest BCUT2D eigenvalue weighted by molar-refractivity contribution is 5.64. The quantitative estimate of drug-likeness (QED) is 0.896. The first-order valence-corrected chi connectivity index (χ1v) is 6.02. The van der Waals surface area contributed by atoms with Gasteiger partial charge in [0.05, 0.1) is 19.0 Å². The lowest BCUT2D eigenvalue weighted by Gasteiger charge is -2.09. The summed E-state index contributed by atoms with van der Waals surface area (Å²) in [6.07, 6.45) is 2.72. The molecule has 0 aliphatic carbocycles. The number of hydrogen-bond acceptors (Lipinski definition) is 3. The van der Waals surface area contributed by atoms with Gasteiger partial charge in [0, 0.05) is 18.7 Å². The average molecular weight is 245 g/mol. The summed E-state index contributed by atoms with van der Waals surface area (Å²) in [7, 11) is 3.62. The van der Waals surface area contributed by atoms with Gasteiger partial charge < -0.3 is 10.5 Å². The number of aryl methyl sites for hydroxylation is 1. The van der Waals surface area contributed by atoms with Gasteiger partial charge in [-0.3, -0.25) is 4.68 Å². The van der Waals surface area contributed by atoms with E-state index in [1.807, 2.05) is 49.1 Å². The van der Waals surface area contributed by atoms with Crippen LogP contribution >= 0.6 is 0 Å². The normalized spacial score (nSPS) is 12.4. The molecule has 96 valence electrons. The Labute approximate surface area is 107 Å². The zero-order valence-corrected chi connectivity index (χ0v) is 11.1. The maximum Gasteiger partial charge on any atom is 0.118 e. The maximum absolute atomic E-state index is 5.87. The van der Waals surface area contributed by atoms with Crippen molar-refractivity contribution < 1.29 is 4.74 Å².